The molecule has 13 heteroatoms. The maximum atomic E-state index is 13.5. The molecule has 2 aliphatic rings. The van der Waals surface area contributed by atoms with Crippen molar-refractivity contribution in [1.82, 2.24) is 25.1 Å². The maximum absolute atomic E-state index is 13.5. The van der Waals surface area contributed by atoms with Crippen molar-refractivity contribution in [2.75, 3.05) is 26.2 Å². The lowest BCUT2D eigenvalue weighted by atomic mass is 10.0. The standard InChI is InChI=1S/C20H28F3N5O5/c1-3-15-25-14-9-27(5-4-13(14)18(26-15)20(21,22)23)16(29)6-12(24-19(31)32)8-28-7-11(2)33-10-17(28)30/h11-12,16,24,29H,3-10H2,1-2H3,(H,31,32)/t11-,12-,16?/m0/s1. The minimum Gasteiger partial charge on any atom is -0.465 e. The van der Waals surface area contributed by atoms with Crippen molar-refractivity contribution in [3.63, 3.8) is 0 Å². The van der Waals surface area contributed by atoms with Gasteiger partial charge in [-0.2, -0.15) is 13.2 Å². The predicted octanol–water partition coefficient (Wildman–Crippen LogP) is 1.01. The first-order valence-corrected chi connectivity index (χ1v) is 10.7. The first-order chi connectivity index (χ1) is 15.5. The van der Waals surface area contributed by atoms with Crippen molar-refractivity contribution in [2.24, 2.45) is 0 Å². The average molecular weight is 475 g/mol. The van der Waals surface area contributed by atoms with Crippen molar-refractivity contribution in [3.05, 3.63) is 22.8 Å². The number of aromatic nitrogens is 2. The van der Waals surface area contributed by atoms with Gasteiger partial charge in [0.2, 0.25) is 5.91 Å². The predicted molar refractivity (Wildman–Crippen MR) is 108 cm³/mol. The molecule has 10 nitrogen and oxygen atoms in total. The number of amides is 2. The number of carboxylic acid groups (broad SMARTS) is 1. The van der Waals surface area contributed by atoms with Crippen LogP contribution in [0.2, 0.25) is 0 Å². The number of halogens is 3. The number of rotatable bonds is 7. The number of hydrogen-bond donors (Lipinski definition) is 3. The van der Waals surface area contributed by atoms with Gasteiger partial charge in [-0.1, -0.05) is 6.92 Å². The number of aliphatic hydroxyl groups excluding tert-OH is 1. The van der Waals surface area contributed by atoms with E-state index < -0.39 is 30.2 Å². The van der Waals surface area contributed by atoms with Gasteiger partial charge in [0.15, 0.2) is 5.69 Å². The van der Waals surface area contributed by atoms with Crippen molar-refractivity contribution >= 4 is 12.0 Å². The third-order valence-electron chi connectivity index (χ3n) is 5.73. The topological polar surface area (TPSA) is 128 Å². The van der Waals surface area contributed by atoms with Crippen molar-refractivity contribution in [3.8, 4) is 0 Å². The molecule has 1 unspecified atom stereocenters. The van der Waals surface area contributed by atoms with Gasteiger partial charge in [-0.25, -0.2) is 14.8 Å². The highest BCUT2D eigenvalue weighted by Crippen LogP contribution is 2.34. The summed E-state index contributed by atoms with van der Waals surface area (Å²) in [5.74, 6) is -0.210. The fourth-order valence-electron chi connectivity index (χ4n) is 4.12. The lowest BCUT2D eigenvalue weighted by Crippen LogP contribution is -2.53. The molecule has 1 fully saturated rings. The zero-order valence-electron chi connectivity index (χ0n) is 18.4. The van der Waals surface area contributed by atoms with E-state index in [-0.39, 0.29) is 74.6 Å². The Morgan fingerprint density at radius 2 is 2.09 bits per heavy atom. The van der Waals surface area contributed by atoms with Crippen molar-refractivity contribution < 1.29 is 37.7 Å². The Balaban J connectivity index is 1.73. The molecule has 0 spiro atoms. The zero-order valence-corrected chi connectivity index (χ0v) is 18.4. The van der Waals surface area contributed by atoms with Gasteiger partial charge in [0.1, 0.15) is 18.7 Å². The molecule has 2 aliphatic heterocycles. The molecule has 2 amide bonds. The summed E-state index contributed by atoms with van der Waals surface area (Å²) < 4.78 is 45.7. The summed E-state index contributed by atoms with van der Waals surface area (Å²) in [6.07, 6.45) is -7.09. The van der Waals surface area contributed by atoms with Crippen LogP contribution < -0.4 is 5.32 Å². The van der Waals surface area contributed by atoms with E-state index in [0.29, 0.717) is 6.54 Å². The highest BCUT2D eigenvalue weighted by Gasteiger charge is 2.39. The molecular formula is C20H28F3N5O5. The second-order valence-electron chi connectivity index (χ2n) is 8.27. The first kappa shape index (κ1) is 25.1. The molecule has 3 heterocycles. The van der Waals surface area contributed by atoms with E-state index in [1.807, 2.05) is 0 Å². The molecule has 0 bridgehead atoms. The molecular weight excluding hydrogens is 447 g/mol. The SMILES string of the molecule is CCc1nc2c(c(C(F)(F)F)n1)CCN(C(O)C[C@@H](CN1C[C@H](C)OCC1=O)NC(=O)O)C2. The van der Waals surface area contributed by atoms with Crippen LogP contribution in [0.5, 0.6) is 0 Å². The summed E-state index contributed by atoms with van der Waals surface area (Å²) >= 11 is 0. The molecule has 1 saturated heterocycles. The molecule has 3 atom stereocenters. The normalized spacial score (nSPS) is 21.5. The molecule has 3 rings (SSSR count). The van der Waals surface area contributed by atoms with Crippen molar-refractivity contribution in [1.29, 1.82) is 0 Å². The number of nitrogens with one attached hydrogen (secondary N) is 1. The fourth-order valence-corrected chi connectivity index (χ4v) is 4.12. The highest BCUT2D eigenvalue weighted by molar-refractivity contribution is 5.78. The van der Waals surface area contributed by atoms with Crippen molar-refractivity contribution in [2.45, 2.75) is 64.2 Å². The van der Waals surface area contributed by atoms with Crippen LogP contribution in [0, 0.1) is 0 Å². The number of aliphatic hydroxyl groups is 1. The van der Waals surface area contributed by atoms with Gasteiger partial charge < -0.3 is 25.2 Å². The van der Waals surface area contributed by atoms with Crippen LogP contribution in [-0.2, 0) is 35.1 Å². The van der Waals surface area contributed by atoms with E-state index >= 15 is 0 Å². The number of hydrogen-bond acceptors (Lipinski definition) is 7. The molecule has 0 aromatic carbocycles. The van der Waals surface area contributed by atoms with Crippen LogP contribution in [0.3, 0.4) is 0 Å². The van der Waals surface area contributed by atoms with E-state index in [1.165, 1.54) is 4.90 Å². The van der Waals surface area contributed by atoms with E-state index in [2.05, 4.69) is 15.3 Å². The number of aryl methyl sites for hydroxylation is 1. The van der Waals surface area contributed by atoms with Gasteiger partial charge in [0.25, 0.3) is 0 Å². The summed E-state index contributed by atoms with van der Waals surface area (Å²) in [6.45, 7) is 3.78. The third-order valence-corrected chi connectivity index (χ3v) is 5.73. The monoisotopic (exact) mass is 475 g/mol. The van der Waals surface area contributed by atoms with Gasteiger partial charge >= 0.3 is 12.3 Å². The molecule has 3 N–H and O–H groups in total. The number of carbonyl (C=O) groups excluding carboxylic acids is 1. The molecule has 0 radical (unpaired) electrons. The van der Waals surface area contributed by atoms with E-state index in [0.717, 1.165) is 0 Å². The van der Waals surface area contributed by atoms with Gasteiger partial charge in [-0.05, 0) is 13.3 Å². The quantitative estimate of drug-likeness (QED) is 0.533. The summed E-state index contributed by atoms with van der Waals surface area (Å²) in [5.41, 5.74) is -0.709. The summed E-state index contributed by atoms with van der Waals surface area (Å²) in [4.78, 5) is 34.3. The summed E-state index contributed by atoms with van der Waals surface area (Å²) in [5, 5.41) is 22.3. The largest absolute Gasteiger partial charge is 0.465 e. The van der Waals surface area contributed by atoms with Crippen LogP contribution in [-0.4, -0.2) is 86.6 Å². The molecule has 0 aliphatic carbocycles. The Morgan fingerprint density at radius 1 is 1.36 bits per heavy atom. The molecule has 1 aromatic heterocycles. The average Bonchev–Trinajstić information content (AvgIpc) is 2.73. The third kappa shape index (κ3) is 6.30. The second-order valence-corrected chi connectivity index (χ2v) is 8.27. The molecule has 33 heavy (non-hydrogen) atoms. The van der Waals surface area contributed by atoms with E-state index in [4.69, 9.17) is 4.74 Å². The fraction of sp³-hybridized carbons (Fsp3) is 0.700. The van der Waals surface area contributed by atoms with Crippen LogP contribution in [0.25, 0.3) is 0 Å². The van der Waals surface area contributed by atoms with Crippen LogP contribution in [0.15, 0.2) is 0 Å². The summed E-state index contributed by atoms with van der Waals surface area (Å²) in [7, 11) is 0. The van der Waals surface area contributed by atoms with Gasteiger partial charge in [0.05, 0.1) is 17.8 Å². The molecule has 0 saturated carbocycles. The Morgan fingerprint density at radius 3 is 2.73 bits per heavy atom. The lowest BCUT2D eigenvalue weighted by Gasteiger charge is -2.37. The minimum atomic E-state index is -4.60. The van der Waals surface area contributed by atoms with Gasteiger partial charge in [-0.3, -0.25) is 9.69 Å². The van der Waals surface area contributed by atoms with E-state index in [9.17, 15) is 33.0 Å². The number of fused-ring (bicyclic) bond motifs is 1. The number of nitrogens with zero attached hydrogens (tertiary/aromatic N) is 4. The lowest BCUT2D eigenvalue weighted by molar-refractivity contribution is -0.148. The number of carbonyl (C=O) groups is 2. The Kier molecular flexibility index (Phi) is 7.75. The smallest absolute Gasteiger partial charge is 0.433 e. The molecule has 184 valence electrons. The Bertz CT molecular complexity index is 884. The Labute approximate surface area is 188 Å². The zero-order chi connectivity index (χ0) is 24.3. The summed E-state index contributed by atoms with van der Waals surface area (Å²) in [6, 6.07) is -0.782. The maximum Gasteiger partial charge on any atom is 0.433 e. The Hall–Kier alpha value is -2.51. The number of alkyl halides is 3. The van der Waals surface area contributed by atoms with E-state index in [1.54, 1.807) is 18.7 Å². The first-order valence-electron chi connectivity index (χ1n) is 10.7. The highest BCUT2D eigenvalue weighted by atomic mass is 19.4. The number of morpholine rings is 1. The van der Waals surface area contributed by atoms with Gasteiger partial charge in [-0.15, -0.1) is 0 Å². The molecule has 1 aromatic rings. The van der Waals surface area contributed by atoms with Gasteiger partial charge in [0, 0.05) is 44.6 Å². The van der Waals surface area contributed by atoms with Crippen LogP contribution in [0.1, 0.15) is 43.0 Å². The second kappa shape index (κ2) is 10.2. The van der Waals surface area contributed by atoms with Crippen LogP contribution >= 0.6 is 0 Å². The number of ether oxygens (including phenoxy) is 1. The van der Waals surface area contributed by atoms with Crippen LogP contribution in [0.4, 0.5) is 18.0 Å². The minimum absolute atomic E-state index is 0.00171.